The second-order valence-corrected chi connectivity index (χ2v) is 4.38. The minimum Gasteiger partial charge on any atom is -0.486 e. The Morgan fingerprint density at radius 2 is 2.20 bits per heavy atom. The van der Waals surface area contributed by atoms with E-state index in [9.17, 15) is 4.39 Å². The number of rotatable bonds is 4. The fourth-order valence-electron chi connectivity index (χ4n) is 1.78. The number of oxime groups is 1. The Labute approximate surface area is 116 Å². The number of hydrogen-bond acceptors (Lipinski definition) is 4. The van der Waals surface area contributed by atoms with Gasteiger partial charge in [-0.25, -0.2) is 4.39 Å². The Morgan fingerprint density at radius 1 is 1.40 bits per heavy atom. The van der Waals surface area contributed by atoms with Gasteiger partial charge < -0.3 is 9.94 Å². The predicted molar refractivity (Wildman–Crippen MR) is 73.7 cm³/mol. The van der Waals surface area contributed by atoms with Crippen molar-refractivity contribution in [3.63, 3.8) is 0 Å². The van der Waals surface area contributed by atoms with E-state index in [1.54, 1.807) is 13.1 Å². The second kappa shape index (κ2) is 6.14. The third-order valence-corrected chi connectivity index (χ3v) is 2.97. The quantitative estimate of drug-likeness (QED) is 0.528. The number of aryl methyl sites for hydroxylation is 1. The van der Waals surface area contributed by atoms with Gasteiger partial charge in [0.15, 0.2) is 0 Å². The first kappa shape index (κ1) is 14.0. The number of ether oxygens (including phenoxy) is 1. The number of nitrogens with zero attached hydrogens (tertiary/aromatic N) is 2. The van der Waals surface area contributed by atoms with Gasteiger partial charge in [0.2, 0.25) is 0 Å². The highest BCUT2D eigenvalue weighted by Gasteiger charge is 2.10. The van der Waals surface area contributed by atoms with Crippen LogP contribution in [0.15, 0.2) is 41.7 Å². The Bertz CT molecular complexity index is 642. The number of halogens is 1. The first-order valence-corrected chi connectivity index (χ1v) is 6.13. The molecule has 0 amide bonds. The number of aromatic nitrogens is 1. The van der Waals surface area contributed by atoms with Crippen LogP contribution in [0, 0.1) is 12.7 Å². The van der Waals surface area contributed by atoms with Gasteiger partial charge in [-0.15, -0.1) is 0 Å². The van der Waals surface area contributed by atoms with E-state index in [0.29, 0.717) is 17.0 Å². The molecule has 1 heterocycles. The lowest BCUT2D eigenvalue weighted by molar-refractivity contribution is 0.296. The predicted octanol–water partition coefficient (Wildman–Crippen LogP) is 3.31. The first-order chi connectivity index (χ1) is 9.61. The van der Waals surface area contributed by atoms with Crippen LogP contribution < -0.4 is 4.74 Å². The SMILES string of the molecule is C/C(=N/O)c1ccc(F)cc1OCc1ncccc1C. The van der Waals surface area contributed by atoms with Crippen LogP contribution >= 0.6 is 0 Å². The van der Waals surface area contributed by atoms with Gasteiger partial charge in [-0.2, -0.15) is 0 Å². The summed E-state index contributed by atoms with van der Waals surface area (Å²) >= 11 is 0. The fraction of sp³-hybridized carbons (Fsp3) is 0.200. The highest BCUT2D eigenvalue weighted by molar-refractivity contribution is 6.00. The molecule has 2 aromatic rings. The van der Waals surface area contributed by atoms with Crippen molar-refractivity contribution in [3.05, 3.63) is 59.2 Å². The second-order valence-electron chi connectivity index (χ2n) is 4.38. The van der Waals surface area contributed by atoms with Crippen LogP contribution in [0.2, 0.25) is 0 Å². The number of pyridine rings is 1. The molecule has 4 nitrogen and oxygen atoms in total. The van der Waals surface area contributed by atoms with E-state index in [2.05, 4.69) is 10.1 Å². The highest BCUT2D eigenvalue weighted by atomic mass is 19.1. The van der Waals surface area contributed by atoms with Gasteiger partial charge in [0.05, 0.1) is 11.4 Å². The van der Waals surface area contributed by atoms with Crippen LogP contribution in [0.3, 0.4) is 0 Å². The molecule has 0 aliphatic carbocycles. The van der Waals surface area contributed by atoms with E-state index in [4.69, 9.17) is 9.94 Å². The zero-order valence-corrected chi connectivity index (χ0v) is 11.3. The molecule has 5 heteroatoms. The molecule has 2 rings (SSSR count). The van der Waals surface area contributed by atoms with Crippen LogP contribution in [0.5, 0.6) is 5.75 Å². The molecular weight excluding hydrogens is 259 g/mol. The zero-order chi connectivity index (χ0) is 14.5. The normalized spacial score (nSPS) is 11.4. The maximum Gasteiger partial charge on any atom is 0.131 e. The highest BCUT2D eigenvalue weighted by Crippen LogP contribution is 2.22. The smallest absolute Gasteiger partial charge is 0.131 e. The monoisotopic (exact) mass is 274 g/mol. The van der Waals surface area contributed by atoms with Crippen molar-refractivity contribution in [1.29, 1.82) is 0 Å². The van der Waals surface area contributed by atoms with Gasteiger partial charge in [0.1, 0.15) is 18.2 Å². The maximum absolute atomic E-state index is 13.3. The summed E-state index contributed by atoms with van der Waals surface area (Å²) in [5.41, 5.74) is 2.68. The van der Waals surface area contributed by atoms with Gasteiger partial charge in [-0.3, -0.25) is 4.98 Å². The Hall–Kier alpha value is -2.43. The molecule has 0 saturated carbocycles. The number of benzene rings is 1. The maximum atomic E-state index is 13.3. The Balaban J connectivity index is 2.25. The van der Waals surface area contributed by atoms with Crippen LogP contribution in [0.1, 0.15) is 23.7 Å². The summed E-state index contributed by atoms with van der Waals surface area (Å²) in [5, 5.41) is 12.0. The summed E-state index contributed by atoms with van der Waals surface area (Å²) in [6.45, 7) is 3.77. The molecule has 0 radical (unpaired) electrons. The third kappa shape index (κ3) is 3.12. The van der Waals surface area contributed by atoms with Crippen molar-refractivity contribution in [2.75, 3.05) is 0 Å². The van der Waals surface area contributed by atoms with Crippen LogP contribution in [0.25, 0.3) is 0 Å². The van der Waals surface area contributed by atoms with E-state index in [1.165, 1.54) is 18.2 Å². The summed E-state index contributed by atoms with van der Waals surface area (Å²) in [7, 11) is 0. The van der Waals surface area contributed by atoms with E-state index >= 15 is 0 Å². The van der Waals surface area contributed by atoms with Crippen molar-refractivity contribution in [1.82, 2.24) is 4.98 Å². The fourth-order valence-corrected chi connectivity index (χ4v) is 1.78. The van der Waals surface area contributed by atoms with Gasteiger partial charge in [-0.1, -0.05) is 11.2 Å². The third-order valence-electron chi connectivity index (χ3n) is 2.97. The van der Waals surface area contributed by atoms with E-state index in [1.807, 2.05) is 19.1 Å². The molecule has 104 valence electrons. The molecule has 0 bridgehead atoms. The van der Waals surface area contributed by atoms with Crippen LogP contribution in [0.4, 0.5) is 4.39 Å². The summed E-state index contributed by atoms with van der Waals surface area (Å²) in [5.74, 6) is -0.0856. The van der Waals surface area contributed by atoms with E-state index in [0.717, 1.165) is 11.3 Å². The summed E-state index contributed by atoms with van der Waals surface area (Å²) < 4.78 is 18.9. The van der Waals surface area contributed by atoms with Crippen LogP contribution in [-0.2, 0) is 6.61 Å². The molecule has 0 unspecified atom stereocenters. The van der Waals surface area contributed by atoms with Crippen LogP contribution in [-0.4, -0.2) is 15.9 Å². The molecule has 1 aromatic carbocycles. The van der Waals surface area contributed by atoms with Crippen molar-refractivity contribution >= 4 is 5.71 Å². The molecule has 0 aliphatic heterocycles. The average Bonchev–Trinajstić information content (AvgIpc) is 2.46. The standard InChI is InChI=1S/C15H15FN2O2/c1-10-4-3-7-17-14(10)9-20-15-8-12(16)5-6-13(15)11(2)18-19/h3-8,19H,9H2,1-2H3/b18-11-. The molecule has 1 aromatic heterocycles. The van der Waals surface area contributed by atoms with Gasteiger partial charge in [0, 0.05) is 17.8 Å². The Kier molecular flexibility index (Phi) is 4.30. The zero-order valence-electron chi connectivity index (χ0n) is 11.3. The van der Waals surface area contributed by atoms with Crippen molar-refractivity contribution in [2.45, 2.75) is 20.5 Å². The summed E-state index contributed by atoms with van der Waals surface area (Å²) in [6, 6.07) is 7.85. The Morgan fingerprint density at radius 3 is 2.90 bits per heavy atom. The van der Waals surface area contributed by atoms with E-state index in [-0.39, 0.29) is 6.61 Å². The summed E-state index contributed by atoms with van der Waals surface area (Å²) in [4.78, 5) is 4.21. The first-order valence-electron chi connectivity index (χ1n) is 6.13. The molecule has 0 aliphatic rings. The molecule has 0 saturated heterocycles. The lowest BCUT2D eigenvalue weighted by Crippen LogP contribution is -2.05. The molecule has 0 atom stereocenters. The van der Waals surface area contributed by atoms with Gasteiger partial charge in [0.25, 0.3) is 0 Å². The largest absolute Gasteiger partial charge is 0.486 e. The van der Waals surface area contributed by atoms with E-state index < -0.39 is 5.82 Å². The van der Waals surface area contributed by atoms with Gasteiger partial charge >= 0.3 is 0 Å². The molecular formula is C15H15FN2O2. The molecule has 1 N–H and O–H groups in total. The lowest BCUT2D eigenvalue weighted by Gasteiger charge is -2.11. The minimum atomic E-state index is -0.410. The van der Waals surface area contributed by atoms with Crippen molar-refractivity contribution in [2.24, 2.45) is 5.16 Å². The molecule has 20 heavy (non-hydrogen) atoms. The summed E-state index contributed by atoms with van der Waals surface area (Å²) in [6.07, 6.45) is 1.68. The topological polar surface area (TPSA) is 54.7 Å². The average molecular weight is 274 g/mol. The van der Waals surface area contributed by atoms with Crippen molar-refractivity contribution in [3.8, 4) is 5.75 Å². The van der Waals surface area contributed by atoms with Gasteiger partial charge in [-0.05, 0) is 37.6 Å². The van der Waals surface area contributed by atoms with Crippen molar-refractivity contribution < 1.29 is 14.3 Å². The minimum absolute atomic E-state index is 0.224. The molecule has 0 spiro atoms. The lowest BCUT2D eigenvalue weighted by atomic mass is 10.1. The number of hydrogen-bond donors (Lipinski definition) is 1. The molecule has 0 fully saturated rings.